The second kappa shape index (κ2) is 3.26. The zero-order chi connectivity index (χ0) is 11.7. The molecule has 0 aliphatic heterocycles. The standard InChI is InChI=1S/C8H6Cl6O/c9-4-5(10)1-2-7(12,8(5,13)14)6(4,11)3-15/h1-2,4,15H,3H2. The van der Waals surface area contributed by atoms with Crippen LogP contribution in [0.4, 0.5) is 0 Å². The molecule has 1 nitrogen and oxygen atoms in total. The number of halogens is 6. The Balaban J connectivity index is 2.67. The summed E-state index contributed by atoms with van der Waals surface area (Å²) in [5.41, 5.74) is 0. The van der Waals surface area contributed by atoms with Crippen LogP contribution in [0.15, 0.2) is 12.2 Å². The highest BCUT2D eigenvalue weighted by Crippen LogP contribution is 2.71. The highest BCUT2D eigenvalue weighted by Gasteiger charge is 2.82. The Morgan fingerprint density at radius 2 is 1.60 bits per heavy atom. The van der Waals surface area contributed by atoms with Crippen molar-refractivity contribution < 1.29 is 5.11 Å². The molecule has 0 aromatic rings. The van der Waals surface area contributed by atoms with Gasteiger partial charge in [0.1, 0.15) is 14.6 Å². The van der Waals surface area contributed by atoms with Gasteiger partial charge in [-0.2, -0.15) is 0 Å². The van der Waals surface area contributed by atoms with Crippen molar-refractivity contribution in [1.29, 1.82) is 0 Å². The molecule has 1 N–H and O–H groups in total. The molecule has 2 bridgehead atoms. The molecule has 7 heteroatoms. The van der Waals surface area contributed by atoms with Gasteiger partial charge >= 0.3 is 0 Å². The molecule has 0 saturated heterocycles. The van der Waals surface area contributed by atoms with E-state index in [1.54, 1.807) is 0 Å². The molecule has 4 unspecified atom stereocenters. The summed E-state index contributed by atoms with van der Waals surface area (Å²) >= 11 is 37.1. The van der Waals surface area contributed by atoms with Crippen molar-refractivity contribution in [3.63, 3.8) is 0 Å². The topological polar surface area (TPSA) is 20.2 Å². The Morgan fingerprint density at radius 3 is 1.87 bits per heavy atom. The maximum Gasteiger partial charge on any atom is 0.166 e. The van der Waals surface area contributed by atoms with Gasteiger partial charge in [0.2, 0.25) is 0 Å². The smallest absolute Gasteiger partial charge is 0.166 e. The summed E-state index contributed by atoms with van der Waals surface area (Å²) in [6.07, 6.45) is 3.04. The van der Waals surface area contributed by atoms with Crippen LogP contribution in [-0.4, -0.2) is 36.0 Å². The van der Waals surface area contributed by atoms with E-state index < -0.39 is 30.9 Å². The minimum atomic E-state index is -1.56. The van der Waals surface area contributed by atoms with Gasteiger partial charge in [0.25, 0.3) is 0 Å². The monoisotopic (exact) mass is 328 g/mol. The second-order valence-corrected chi connectivity index (χ2v) is 7.43. The van der Waals surface area contributed by atoms with Crippen LogP contribution in [-0.2, 0) is 0 Å². The van der Waals surface area contributed by atoms with Crippen LogP contribution in [0.2, 0.25) is 0 Å². The largest absolute Gasteiger partial charge is 0.394 e. The van der Waals surface area contributed by atoms with Crippen molar-refractivity contribution in [2.45, 2.75) is 24.3 Å². The van der Waals surface area contributed by atoms with E-state index in [9.17, 15) is 5.11 Å². The zero-order valence-corrected chi connectivity index (χ0v) is 11.7. The summed E-state index contributed by atoms with van der Waals surface area (Å²) in [6, 6.07) is 0. The fourth-order valence-corrected chi connectivity index (χ4v) is 4.90. The molecule has 0 aromatic heterocycles. The number of fused-ring (bicyclic) bond motifs is 2. The zero-order valence-electron chi connectivity index (χ0n) is 7.15. The van der Waals surface area contributed by atoms with Crippen LogP contribution in [0.1, 0.15) is 0 Å². The quantitative estimate of drug-likeness (QED) is 0.578. The maximum atomic E-state index is 9.32. The van der Waals surface area contributed by atoms with Gasteiger partial charge in [-0.15, -0.1) is 46.4 Å². The molecule has 2 rings (SSSR count). The summed E-state index contributed by atoms with van der Waals surface area (Å²) in [6.45, 7) is -0.466. The first-order valence-electron chi connectivity index (χ1n) is 4.07. The highest BCUT2D eigenvalue weighted by atomic mass is 35.5. The first kappa shape index (κ1) is 12.9. The van der Waals surface area contributed by atoms with Crippen LogP contribution in [0.5, 0.6) is 0 Å². The lowest BCUT2D eigenvalue weighted by Crippen LogP contribution is -2.53. The lowest BCUT2D eigenvalue weighted by Gasteiger charge is -2.37. The van der Waals surface area contributed by atoms with Gasteiger partial charge in [-0.05, 0) is 0 Å². The van der Waals surface area contributed by atoms with Crippen molar-refractivity contribution in [3.05, 3.63) is 12.2 Å². The predicted octanol–water partition coefficient (Wildman–Crippen LogP) is 3.28. The number of aliphatic hydroxyl groups excluding tert-OH is 1. The Bertz CT molecular complexity index is 344. The van der Waals surface area contributed by atoms with Crippen molar-refractivity contribution >= 4 is 69.6 Å². The van der Waals surface area contributed by atoms with Crippen molar-refractivity contribution in [1.82, 2.24) is 0 Å². The molecule has 2 aliphatic carbocycles. The summed E-state index contributed by atoms with van der Waals surface area (Å²) in [5.74, 6) is 0. The number of hydrogen-bond acceptors (Lipinski definition) is 1. The Morgan fingerprint density at radius 1 is 1.07 bits per heavy atom. The molecule has 0 radical (unpaired) electrons. The molecule has 0 aromatic carbocycles. The van der Waals surface area contributed by atoms with Crippen molar-refractivity contribution in [2.24, 2.45) is 0 Å². The first-order valence-corrected chi connectivity index (χ1v) is 6.40. The van der Waals surface area contributed by atoms with Gasteiger partial charge in [0.15, 0.2) is 4.33 Å². The van der Waals surface area contributed by atoms with E-state index in [4.69, 9.17) is 69.6 Å². The van der Waals surface area contributed by atoms with Crippen LogP contribution in [0.3, 0.4) is 0 Å². The first-order chi connectivity index (χ1) is 6.67. The predicted molar refractivity (Wildman–Crippen MR) is 66.1 cm³/mol. The number of hydrogen-bond donors (Lipinski definition) is 1. The summed E-state index contributed by atoms with van der Waals surface area (Å²) < 4.78 is -1.56. The Hall–Kier alpha value is 1.44. The van der Waals surface area contributed by atoms with E-state index in [1.807, 2.05) is 0 Å². The van der Waals surface area contributed by atoms with Gasteiger partial charge in [-0.25, -0.2) is 0 Å². The Kier molecular flexibility index (Phi) is 2.80. The SMILES string of the molecule is OCC1(Cl)C(Cl)C2(Cl)C=CC1(Cl)C2(Cl)Cl. The van der Waals surface area contributed by atoms with Gasteiger partial charge in [0.05, 0.1) is 12.0 Å². The molecule has 1 fully saturated rings. The highest BCUT2D eigenvalue weighted by molar-refractivity contribution is 6.64. The van der Waals surface area contributed by atoms with Gasteiger partial charge in [-0.1, -0.05) is 35.4 Å². The number of allylic oxidation sites excluding steroid dienone is 2. The minimum Gasteiger partial charge on any atom is -0.394 e. The fourth-order valence-electron chi connectivity index (χ4n) is 2.08. The molecular formula is C8H6Cl6O. The van der Waals surface area contributed by atoms with Gasteiger partial charge in [-0.3, -0.25) is 0 Å². The van der Waals surface area contributed by atoms with E-state index in [0.29, 0.717) is 0 Å². The van der Waals surface area contributed by atoms with Gasteiger partial charge in [0, 0.05) is 0 Å². The van der Waals surface area contributed by atoms with Crippen molar-refractivity contribution in [3.8, 4) is 0 Å². The van der Waals surface area contributed by atoms with Crippen molar-refractivity contribution in [2.75, 3.05) is 6.61 Å². The Labute approximate surface area is 117 Å². The number of alkyl halides is 6. The molecular weight excluding hydrogens is 325 g/mol. The molecule has 86 valence electrons. The third-order valence-corrected chi connectivity index (χ3v) is 7.75. The molecule has 0 spiro atoms. The maximum absolute atomic E-state index is 9.32. The molecule has 2 aliphatic rings. The van der Waals surface area contributed by atoms with Crippen LogP contribution < -0.4 is 0 Å². The fraction of sp³-hybridized carbons (Fsp3) is 0.750. The van der Waals surface area contributed by atoms with E-state index in [1.165, 1.54) is 12.2 Å². The summed E-state index contributed by atoms with van der Waals surface area (Å²) in [5, 5.41) is 8.45. The van der Waals surface area contributed by atoms with Crippen LogP contribution in [0, 0.1) is 0 Å². The van der Waals surface area contributed by atoms with E-state index in [0.717, 1.165) is 0 Å². The third-order valence-electron chi connectivity index (χ3n) is 3.10. The molecule has 0 heterocycles. The molecule has 1 saturated carbocycles. The van der Waals surface area contributed by atoms with Gasteiger partial charge < -0.3 is 5.11 Å². The second-order valence-electron chi connectivity index (χ2n) is 3.77. The lowest BCUT2D eigenvalue weighted by molar-refractivity contribution is 0.233. The van der Waals surface area contributed by atoms with E-state index in [-0.39, 0.29) is 0 Å². The normalized spacial score (nSPS) is 56.3. The molecule has 4 atom stereocenters. The van der Waals surface area contributed by atoms with Crippen LogP contribution >= 0.6 is 69.6 Å². The molecule has 0 amide bonds. The lowest BCUT2D eigenvalue weighted by atomic mass is 9.92. The number of rotatable bonds is 1. The summed E-state index contributed by atoms with van der Waals surface area (Å²) in [4.78, 5) is -4.03. The minimum absolute atomic E-state index is 0.466. The number of aliphatic hydroxyl groups is 1. The van der Waals surface area contributed by atoms with Crippen LogP contribution in [0.25, 0.3) is 0 Å². The summed E-state index contributed by atoms with van der Waals surface area (Å²) in [7, 11) is 0. The average Bonchev–Trinajstić information content (AvgIpc) is 2.41. The average molecular weight is 331 g/mol. The van der Waals surface area contributed by atoms with E-state index >= 15 is 0 Å². The third kappa shape index (κ3) is 1.10. The van der Waals surface area contributed by atoms with E-state index in [2.05, 4.69) is 0 Å². The molecule has 15 heavy (non-hydrogen) atoms.